The maximum Gasteiger partial charge on any atom is 0.296 e. The molecule has 1 amide bonds. The predicted molar refractivity (Wildman–Crippen MR) is 113 cm³/mol. The summed E-state index contributed by atoms with van der Waals surface area (Å²) in [6.07, 6.45) is 1.52. The highest BCUT2D eigenvalue weighted by molar-refractivity contribution is 7.10. The number of amides is 1. The summed E-state index contributed by atoms with van der Waals surface area (Å²) < 4.78 is 10.8. The van der Waals surface area contributed by atoms with Gasteiger partial charge in [-0.25, -0.2) is 0 Å². The molecule has 1 fully saturated rings. The van der Waals surface area contributed by atoms with Gasteiger partial charge in [0.15, 0.2) is 0 Å². The smallest absolute Gasteiger partial charge is 0.296 e. The molecule has 4 rings (SSSR count). The molecule has 6 nitrogen and oxygen atoms in total. The number of Topliss-reactive ketones (excluding diaryl/α,β-unsaturated/α-hetero) is 1. The van der Waals surface area contributed by atoms with E-state index < -0.39 is 17.7 Å². The second-order valence-corrected chi connectivity index (χ2v) is 8.13. The van der Waals surface area contributed by atoms with E-state index in [2.05, 4.69) is 0 Å². The molecule has 0 saturated carbocycles. The molecule has 1 atom stereocenters. The van der Waals surface area contributed by atoms with Gasteiger partial charge in [0.05, 0.1) is 31.1 Å². The molecule has 0 aliphatic carbocycles. The van der Waals surface area contributed by atoms with Crippen molar-refractivity contribution in [1.82, 2.24) is 4.90 Å². The van der Waals surface area contributed by atoms with Gasteiger partial charge in [-0.05, 0) is 55.1 Å². The van der Waals surface area contributed by atoms with E-state index in [-0.39, 0.29) is 17.9 Å². The van der Waals surface area contributed by atoms with Gasteiger partial charge in [0, 0.05) is 4.88 Å². The minimum Gasteiger partial charge on any atom is -0.507 e. The van der Waals surface area contributed by atoms with Crippen molar-refractivity contribution < 1.29 is 23.8 Å². The van der Waals surface area contributed by atoms with E-state index >= 15 is 0 Å². The van der Waals surface area contributed by atoms with Crippen molar-refractivity contribution in [1.29, 1.82) is 0 Å². The second-order valence-electron chi connectivity index (χ2n) is 7.18. The largest absolute Gasteiger partial charge is 0.507 e. The van der Waals surface area contributed by atoms with Crippen LogP contribution in [-0.2, 0) is 16.1 Å². The molecule has 1 aromatic carbocycles. The van der Waals surface area contributed by atoms with Crippen molar-refractivity contribution in [3.8, 4) is 5.75 Å². The Balaban J connectivity index is 1.92. The number of hydrogen-bond acceptors (Lipinski definition) is 6. The molecule has 154 valence electrons. The number of furan rings is 1. The number of ether oxygens (including phenoxy) is 1. The van der Waals surface area contributed by atoms with Crippen molar-refractivity contribution in [2.45, 2.75) is 26.4 Å². The van der Waals surface area contributed by atoms with Crippen LogP contribution in [-0.4, -0.2) is 28.8 Å². The molecule has 0 radical (unpaired) electrons. The van der Waals surface area contributed by atoms with Crippen molar-refractivity contribution in [3.63, 3.8) is 0 Å². The van der Waals surface area contributed by atoms with Gasteiger partial charge in [-0.2, -0.15) is 0 Å². The average Bonchev–Trinajstić information content (AvgIpc) is 3.45. The molecule has 1 aliphatic heterocycles. The summed E-state index contributed by atoms with van der Waals surface area (Å²) in [5, 5.41) is 13.1. The molecule has 2 aromatic heterocycles. The first-order chi connectivity index (χ1) is 14.4. The second kappa shape index (κ2) is 7.84. The first kappa shape index (κ1) is 20.0. The van der Waals surface area contributed by atoms with Crippen molar-refractivity contribution >= 4 is 28.8 Å². The Morgan fingerprint density at radius 2 is 2.03 bits per heavy atom. The van der Waals surface area contributed by atoms with Gasteiger partial charge in [0.25, 0.3) is 11.7 Å². The lowest BCUT2D eigenvalue weighted by molar-refractivity contribution is -0.140. The fraction of sp³-hybridized carbons (Fsp3) is 0.217. The minimum atomic E-state index is -0.722. The molecule has 1 saturated heterocycles. The summed E-state index contributed by atoms with van der Waals surface area (Å²) in [4.78, 5) is 28.3. The van der Waals surface area contributed by atoms with Crippen LogP contribution >= 0.6 is 11.3 Å². The van der Waals surface area contributed by atoms with Gasteiger partial charge in [-0.1, -0.05) is 11.6 Å². The molecule has 1 aliphatic rings. The third-order valence-electron chi connectivity index (χ3n) is 5.21. The monoisotopic (exact) mass is 423 g/mol. The zero-order chi connectivity index (χ0) is 21.4. The van der Waals surface area contributed by atoms with E-state index in [0.29, 0.717) is 17.1 Å². The van der Waals surface area contributed by atoms with Crippen LogP contribution in [0.4, 0.5) is 0 Å². The normalized spacial score (nSPS) is 18.2. The van der Waals surface area contributed by atoms with Crippen LogP contribution in [0.25, 0.3) is 5.76 Å². The SMILES string of the molecule is COc1ccc(C)cc1/C(O)=C1\C(=O)C(=O)N(Cc2ccco2)C1c1sccc1C. The van der Waals surface area contributed by atoms with Crippen LogP contribution in [0.15, 0.2) is 58.0 Å². The number of aliphatic hydroxyl groups excluding tert-OH is 1. The summed E-state index contributed by atoms with van der Waals surface area (Å²) in [6.45, 7) is 3.93. The Bertz CT molecular complexity index is 1140. The van der Waals surface area contributed by atoms with Gasteiger partial charge in [0.2, 0.25) is 0 Å². The molecule has 1 N–H and O–H groups in total. The van der Waals surface area contributed by atoms with Crippen LogP contribution in [0.3, 0.4) is 0 Å². The van der Waals surface area contributed by atoms with Crippen LogP contribution < -0.4 is 4.74 Å². The number of rotatable bonds is 5. The first-order valence-corrected chi connectivity index (χ1v) is 10.3. The number of carbonyl (C=O) groups excluding carboxylic acids is 2. The summed E-state index contributed by atoms with van der Waals surface area (Å²) in [6, 6.07) is 10.0. The number of thiophene rings is 1. The standard InChI is InChI=1S/C23H21NO5S/c1-13-6-7-17(28-3)16(11-13)20(25)18-19(22-14(2)8-10-30-22)24(23(27)21(18)26)12-15-5-4-9-29-15/h4-11,19,25H,12H2,1-3H3/b20-18+. The highest BCUT2D eigenvalue weighted by Gasteiger charge is 2.47. The van der Waals surface area contributed by atoms with Crippen molar-refractivity contribution in [3.05, 3.63) is 80.9 Å². The molecular weight excluding hydrogens is 402 g/mol. The molecule has 0 bridgehead atoms. The lowest BCUT2D eigenvalue weighted by Gasteiger charge is -2.24. The van der Waals surface area contributed by atoms with E-state index in [9.17, 15) is 14.7 Å². The number of aliphatic hydroxyl groups is 1. The van der Waals surface area contributed by atoms with E-state index in [1.165, 1.54) is 29.6 Å². The Morgan fingerprint density at radius 3 is 2.67 bits per heavy atom. The third kappa shape index (κ3) is 3.31. The van der Waals surface area contributed by atoms with E-state index in [4.69, 9.17) is 9.15 Å². The molecule has 0 spiro atoms. The summed E-state index contributed by atoms with van der Waals surface area (Å²) >= 11 is 1.44. The lowest BCUT2D eigenvalue weighted by Crippen LogP contribution is -2.28. The Labute approximate surface area is 178 Å². The fourth-order valence-electron chi connectivity index (χ4n) is 3.70. The molecule has 7 heteroatoms. The Hall–Kier alpha value is -3.32. The van der Waals surface area contributed by atoms with Gasteiger partial charge in [0.1, 0.15) is 23.3 Å². The number of benzene rings is 1. The van der Waals surface area contributed by atoms with Gasteiger partial charge in [-0.3, -0.25) is 9.59 Å². The molecular formula is C23H21NO5S. The van der Waals surface area contributed by atoms with Gasteiger partial charge >= 0.3 is 0 Å². The summed E-state index contributed by atoms with van der Waals surface area (Å²) in [5.41, 5.74) is 2.28. The molecule has 30 heavy (non-hydrogen) atoms. The highest BCUT2D eigenvalue weighted by Crippen LogP contribution is 2.44. The average molecular weight is 423 g/mol. The van der Waals surface area contributed by atoms with Crippen LogP contribution in [0.2, 0.25) is 0 Å². The fourth-order valence-corrected chi connectivity index (χ4v) is 4.75. The summed E-state index contributed by atoms with van der Waals surface area (Å²) in [5.74, 6) is -0.646. The number of likely N-dealkylation sites (tertiary alicyclic amines) is 1. The zero-order valence-corrected chi connectivity index (χ0v) is 17.7. The highest BCUT2D eigenvalue weighted by atomic mass is 32.1. The van der Waals surface area contributed by atoms with Crippen molar-refractivity contribution in [2.24, 2.45) is 0 Å². The molecule has 3 heterocycles. The number of nitrogens with zero attached hydrogens (tertiary/aromatic N) is 1. The Kier molecular flexibility index (Phi) is 5.22. The van der Waals surface area contributed by atoms with E-state index in [1.54, 1.807) is 24.3 Å². The lowest BCUT2D eigenvalue weighted by atomic mass is 9.97. The topological polar surface area (TPSA) is 80.0 Å². The molecule has 1 unspecified atom stereocenters. The maximum absolute atomic E-state index is 13.1. The maximum atomic E-state index is 13.1. The molecule has 3 aromatic rings. The van der Waals surface area contributed by atoms with Gasteiger partial charge < -0.3 is 19.2 Å². The van der Waals surface area contributed by atoms with Crippen LogP contribution in [0.1, 0.15) is 33.4 Å². The van der Waals surface area contributed by atoms with E-state index in [0.717, 1.165) is 16.0 Å². The zero-order valence-electron chi connectivity index (χ0n) is 16.8. The Morgan fingerprint density at radius 1 is 1.23 bits per heavy atom. The number of hydrogen-bond donors (Lipinski definition) is 1. The number of ketones is 1. The third-order valence-corrected chi connectivity index (χ3v) is 6.28. The number of methoxy groups -OCH3 is 1. The van der Waals surface area contributed by atoms with Crippen molar-refractivity contribution in [2.75, 3.05) is 7.11 Å². The number of carbonyl (C=O) groups is 2. The first-order valence-electron chi connectivity index (χ1n) is 9.42. The predicted octanol–water partition coefficient (Wildman–Crippen LogP) is 4.59. The van der Waals surface area contributed by atoms with E-state index in [1.807, 2.05) is 31.4 Å². The number of aryl methyl sites for hydroxylation is 2. The van der Waals surface area contributed by atoms with Crippen LogP contribution in [0, 0.1) is 13.8 Å². The van der Waals surface area contributed by atoms with Crippen LogP contribution in [0.5, 0.6) is 5.75 Å². The quantitative estimate of drug-likeness (QED) is 0.369. The van der Waals surface area contributed by atoms with Gasteiger partial charge in [-0.15, -0.1) is 11.3 Å². The minimum absolute atomic E-state index is 0.0565. The summed E-state index contributed by atoms with van der Waals surface area (Å²) in [7, 11) is 1.50.